The minimum Gasteiger partial charge on any atom is -0.491 e. The van der Waals surface area contributed by atoms with E-state index in [0.717, 1.165) is 11.3 Å². The molecular formula is C18H23NO2. The van der Waals surface area contributed by atoms with E-state index in [0.29, 0.717) is 13.2 Å². The number of aryl methyl sites for hydroxylation is 1. The predicted molar refractivity (Wildman–Crippen MR) is 85.5 cm³/mol. The minimum atomic E-state index is -0.106. The molecule has 0 heterocycles. The molecule has 0 saturated heterocycles. The van der Waals surface area contributed by atoms with E-state index in [1.165, 1.54) is 5.56 Å². The molecule has 112 valence electrons. The Balaban J connectivity index is 1.88. The first-order valence-corrected chi connectivity index (χ1v) is 7.29. The molecule has 0 aromatic heterocycles. The summed E-state index contributed by atoms with van der Waals surface area (Å²) in [6.07, 6.45) is -0.106. The number of nitrogens with two attached hydrogens (primary N) is 1. The summed E-state index contributed by atoms with van der Waals surface area (Å²) in [5.41, 5.74) is 8.41. The largest absolute Gasteiger partial charge is 0.491 e. The summed E-state index contributed by atoms with van der Waals surface area (Å²) in [4.78, 5) is 0. The van der Waals surface area contributed by atoms with Gasteiger partial charge in [0.2, 0.25) is 0 Å². The van der Waals surface area contributed by atoms with Gasteiger partial charge in [-0.25, -0.2) is 0 Å². The highest BCUT2D eigenvalue weighted by molar-refractivity contribution is 5.28. The van der Waals surface area contributed by atoms with Crippen molar-refractivity contribution in [1.29, 1.82) is 0 Å². The van der Waals surface area contributed by atoms with E-state index >= 15 is 0 Å². The van der Waals surface area contributed by atoms with Gasteiger partial charge in [0.25, 0.3) is 0 Å². The lowest BCUT2D eigenvalue weighted by molar-refractivity contribution is 0.0205. The first-order chi connectivity index (χ1) is 10.2. The van der Waals surface area contributed by atoms with Crippen molar-refractivity contribution in [3.63, 3.8) is 0 Å². The maximum atomic E-state index is 6.07. The summed E-state index contributed by atoms with van der Waals surface area (Å²) >= 11 is 0. The Morgan fingerprint density at radius 2 is 1.62 bits per heavy atom. The molecular weight excluding hydrogens is 262 g/mol. The Kier molecular flexibility index (Phi) is 5.78. The van der Waals surface area contributed by atoms with Crippen LogP contribution in [0.2, 0.25) is 0 Å². The second-order valence-corrected chi connectivity index (χ2v) is 5.17. The van der Waals surface area contributed by atoms with Crippen LogP contribution in [-0.4, -0.2) is 19.3 Å². The van der Waals surface area contributed by atoms with E-state index in [9.17, 15) is 0 Å². The molecule has 0 amide bonds. The Morgan fingerprint density at radius 3 is 2.29 bits per heavy atom. The van der Waals surface area contributed by atoms with Crippen LogP contribution in [0.15, 0.2) is 54.6 Å². The molecule has 0 bridgehead atoms. The molecule has 2 unspecified atom stereocenters. The predicted octanol–water partition coefficient (Wildman–Crippen LogP) is 3.48. The van der Waals surface area contributed by atoms with Crippen LogP contribution in [0.5, 0.6) is 5.75 Å². The molecule has 0 fully saturated rings. The molecule has 2 aromatic carbocycles. The first-order valence-electron chi connectivity index (χ1n) is 7.29. The maximum absolute atomic E-state index is 6.07. The lowest BCUT2D eigenvalue weighted by Gasteiger charge is -2.23. The van der Waals surface area contributed by atoms with Gasteiger partial charge in [-0.15, -0.1) is 0 Å². The summed E-state index contributed by atoms with van der Waals surface area (Å²) in [7, 11) is 0. The van der Waals surface area contributed by atoms with Gasteiger partial charge >= 0.3 is 0 Å². The highest BCUT2D eigenvalue weighted by atomic mass is 16.5. The summed E-state index contributed by atoms with van der Waals surface area (Å²) in [6.45, 7) is 5.07. The van der Waals surface area contributed by atoms with Crippen LogP contribution >= 0.6 is 0 Å². The van der Waals surface area contributed by atoms with Gasteiger partial charge in [-0.3, -0.25) is 0 Å². The van der Waals surface area contributed by atoms with Gasteiger partial charge in [-0.1, -0.05) is 42.5 Å². The van der Waals surface area contributed by atoms with Crippen molar-refractivity contribution >= 4 is 0 Å². The smallest absolute Gasteiger partial charge is 0.119 e. The highest BCUT2D eigenvalue weighted by Crippen LogP contribution is 2.23. The summed E-state index contributed by atoms with van der Waals surface area (Å²) in [6, 6.07) is 17.9. The second-order valence-electron chi connectivity index (χ2n) is 5.17. The third-order valence-corrected chi connectivity index (χ3v) is 3.37. The number of hydrogen-bond donors (Lipinski definition) is 1. The molecule has 21 heavy (non-hydrogen) atoms. The topological polar surface area (TPSA) is 44.5 Å². The van der Waals surface area contributed by atoms with Crippen molar-refractivity contribution in [1.82, 2.24) is 0 Å². The van der Waals surface area contributed by atoms with Crippen LogP contribution in [-0.2, 0) is 4.74 Å². The number of hydrogen-bond acceptors (Lipinski definition) is 3. The average molecular weight is 285 g/mol. The van der Waals surface area contributed by atoms with Crippen molar-refractivity contribution in [3.05, 3.63) is 65.7 Å². The Bertz CT molecular complexity index is 540. The highest BCUT2D eigenvalue weighted by Gasteiger charge is 2.18. The van der Waals surface area contributed by atoms with Crippen LogP contribution in [0.1, 0.15) is 24.2 Å². The van der Waals surface area contributed by atoms with Crippen molar-refractivity contribution in [2.24, 2.45) is 5.73 Å². The minimum absolute atomic E-state index is 0.0668. The third-order valence-electron chi connectivity index (χ3n) is 3.37. The fourth-order valence-electron chi connectivity index (χ4n) is 2.28. The normalized spacial score (nSPS) is 13.7. The Labute approximate surface area is 126 Å². The van der Waals surface area contributed by atoms with Gasteiger partial charge in [0.05, 0.1) is 12.7 Å². The monoisotopic (exact) mass is 285 g/mol. The number of ether oxygens (including phenoxy) is 2. The van der Waals surface area contributed by atoms with E-state index in [2.05, 4.69) is 19.1 Å². The summed E-state index contributed by atoms with van der Waals surface area (Å²) < 4.78 is 11.6. The van der Waals surface area contributed by atoms with Crippen LogP contribution in [0.3, 0.4) is 0 Å². The number of rotatable bonds is 7. The molecule has 3 heteroatoms. The van der Waals surface area contributed by atoms with Gasteiger partial charge in [0, 0.05) is 6.04 Å². The van der Waals surface area contributed by atoms with E-state index in [-0.39, 0.29) is 12.1 Å². The van der Waals surface area contributed by atoms with Gasteiger partial charge in [-0.05, 0) is 37.1 Å². The van der Waals surface area contributed by atoms with Crippen molar-refractivity contribution < 1.29 is 9.47 Å². The zero-order valence-corrected chi connectivity index (χ0v) is 12.7. The lowest BCUT2D eigenvalue weighted by Crippen LogP contribution is -2.28. The molecule has 2 N–H and O–H groups in total. The quantitative estimate of drug-likeness (QED) is 0.792. The van der Waals surface area contributed by atoms with E-state index in [1.807, 2.05) is 49.4 Å². The van der Waals surface area contributed by atoms with E-state index < -0.39 is 0 Å². The van der Waals surface area contributed by atoms with E-state index in [4.69, 9.17) is 15.2 Å². The summed E-state index contributed by atoms with van der Waals surface area (Å²) in [5, 5.41) is 0. The standard InChI is InChI=1S/C18H23NO2/c1-14-8-6-7-11-17(14)18(15(2)19)21-13-12-20-16-9-4-3-5-10-16/h3-11,15,18H,12-13,19H2,1-2H3. The molecule has 3 nitrogen and oxygen atoms in total. The molecule has 0 radical (unpaired) electrons. The first kappa shape index (κ1) is 15.5. The number of benzene rings is 2. The van der Waals surface area contributed by atoms with E-state index in [1.54, 1.807) is 0 Å². The Hall–Kier alpha value is -1.84. The average Bonchev–Trinajstić information content (AvgIpc) is 2.49. The zero-order chi connectivity index (χ0) is 15.1. The zero-order valence-electron chi connectivity index (χ0n) is 12.7. The van der Waals surface area contributed by atoms with Crippen molar-refractivity contribution in [2.75, 3.05) is 13.2 Å². The third kappa shape index (κ3) is 4.59. The number of para-hydroxylation sites is 1. The molecule has 2 atom stereocenters. The molecule has 0 aliphatic rings. The molecule has 0 aliphatic heterocycles. The second kappa shape index (κ2) is 7.81. The molecule has 0 spiro atoms. The SMILES string of the molecule is Cc1ccccc1C(OCCOc1ccccc1)C(C)N. The van der Waals surface area contributed by atoms with Crippen LogP contribution in [0.25, 0.3) is 0 Å². The molecule has 0 saturated carbocycles. The van der Waals surface area contributed by atoms with Crippen LogP contribution in [0, 0.1) is 6.92 Å². The van der Waals surface area contributed by atoms with Gasteiger partial charge in [-0.2, -0.15) is 0 Å². The maximum Gasteiger partial charge on any atom is 0.119 e. The molecule has 0 aliphatic carbocycles. The fraction of sp³-hybridized carbons (Fsp3) is 0.333. The van der Waals surface area contributed by atoms with Gasteiger partial charge < -0.3 is 15.2 Å². The lowest BCUT2D eigenvalue weighted by atomic mass is 9.99. The van der Waals surface area contributed by atoms with Crippen LogP contribution < -0.4 is 10.5 Å². The Morgan fingerprint density at radius 1 is 0.952 bits per heavy atom. The molecule has 2 aromatic rings. The van der Waals surface area contributed by atoms with Gasteiger partial charge in [0.15, 0.2) is 0 Å². The van der Waals surface area contributed by atoms with Crippen molar-refractivity contribution in [3.8, 4) is 5.75 Å². The molecule has 2 rings (SSSR count). The fourth-order valence-corrected chi connectivity index (χ4v) is 2.28. The van der Waals surface area contributed by atoms with Crippen molar-refractivity contribution in [2.45, 2.75) is 26.0 Å². The van der Waals surface area contributed by atoms with Crippen LogP contribution in [0.4, 0.5) is 0 Å². The van der Waals surface area contributed by atoms with Gasteiger partial charge in [0.1, 0.15) is 12.4 Å². The summed E-state index contributed by atoms with van der Waals surface area (Å²) in [5.74, 6) is 0.856.